The van der Waals surface area contributed by atoms with Crippen LogP contribution in [-0.4, -0.2) is 45.3 Å². The van der Waals surface area contributed by atoms with Crippen molar-refractivity contribution in [2.75, 3.05) is 35.4 Å². The lowest BCUT2D eigenvalue weighted by atomic mass is 10.1. The number of nitrogens with zero attached hydrogens (tertiary/aromatic N) is 1. The third kappa shape index (κ3) is 4.93. The number of allylic oxidation sites excluding steroid dienone is 1. The smallest absolute Gasteiger partial charge is 0.128 e. The zero-order valence-corrected chi connectivity index (χ0v) is 12.6. The Morgan fingerprint density at radius 2 is 1.53 bits per heavy atom. The summed E-state index contributed by atoms with van der Waals surface area (Å²) in [4.78, 5) is 0. The largest absolute Gasteiger partial charge is 0.870 e. The Kier molecular flexibility index (Phi) is 6.59. The zero-order valence-electron chi connectivity index (χ0n) is 12.6. The van der Waals surface area contributed by atoms with E-state index in [2.05, 4.69) is 33.8 Å². The van der Waals surface area contributed by atoms with Crippen LogP contribution in [0.4, 0.5) is 0 Å². The van der Waals surface area contributed by atoms with Gasteiger partial charge in [0.05, 0.1) is 40.9 Å². The van der Waals surface area contributed by atoms with Crippen molar-refractivity contribution in [3.8, 4) is 11.5 Å². The van der Waals surface area contributed by atoms with Gasteiger partial charge in [-0.1, -0.05) is 6.08 Å². The van der Waals surface area contributed by atoms with Crippen molar-refractivity contribution in [3.05, 3.63) is 35.9 Å². The normalized spacial score (nSPS) is 10.6. The van der Waals surface area contributed by atoms with Crippen molar-refractivity contribution in [2.24, 2.45) is 0 Å². The average molecular weight is 267 g/mol. The van der Waals surface area contributed by atoms with Gasteiger partial charge in [0, 0.05) is 5.56 Å². The van der Waals surface area contributed by atoms with Crippen molar-refractivity contribution >= 4 is 0 Å². The molecule has 0 saturated heterocycles. The second-order valence-corrected chi connectivity index (χ2v) is 5.42. The molecular formula is C15H25NO3. The van der Waals surface area contributed by atoms with E-state index in [1.807, 2.05) is 12.1 Å². The molecule has 0 aliphatic heterocycles. The van der Waals surface area contributed by atoms with Crippen molar-refractivity contribution in [1.82, 2.24) is 0 Å². The first kappa shape index (κ1) is 17.5. The number of hydrogen-bond donors (Lipinski definition) is 0. The molecule has 1 N–H and O–H groups in total. The molecule has 0 unspecified atom stereocenters. The molecule has 0 amide bonds. The van der Waals surface area contributed by atoms with Gasteiger partial charge in [-0.05, 0) is 18.6 Å². The highest BCUT2D eigenvalue weighted by Gasteiger charge is 2.16. The zero-order chi connectivity index (χ0) is 13.8. The fourth-order valence-corrected chi connectivity index (χ4v) is 1.97. The summed E-state index contributed by atoms with van der Waals surface area (Å²) in [5.74, 6) is 1.82. The predicted molar refractivity (Wildman–Crippen MR) is 77.1 cm³/mol. The molecule has 0 aliphatic rings. The minimum absolute atomic E-state index is 0. The van der Waals surface area contributed by atoms with Crippen LogP contribution in [-0.2, 0) is 13.0 Å². The van der Waals surface area contributed by atoms with Gasteiger partial charge in [-0.3, -0.25) is 0 Å². The van der Waals surface area contributed by atoms with Gasteiger partial charge in [0.1, 0.15) is 18.0 Å². The van der Waals surface area contributed by atoms with Crippen LogP contribution in [0.1, 0.15) is 11.1 Å². The quantitative estimate of drug-likeness (QED) is 0.587. The van der Waals surface area contributed by atoms with E-state index in [-0.39, 0.29) is 5.48 Å². The van der Waals surface area contributed by atoms with Crippen molar-refractivity contribution in [3.63, 3.8) is 0 Å². The summed E-state index contributed by atoms with van der Waals surface area (Å²) in [7, 11) is 9.87. The van der Waals surface area contributed by atoms with Gasteiger partial charge in [0.15, 0.2) is 0 Å². The molecule has 0 radical (unpaired) electrons. The SMILES string of the molecule is C=CCc1cc(OC)c(C[N+](C)(C)C)cc1OC.[OH-]. The summed E-state index contributed by atoms with van der Waals surface area (Å²) in [6.07, 6.45) is 2.65. The summed E-state index contributed by atoms with van der Waals surface area (Å²) in [6.45, 7) is 4.67. The maximum Gasteiger partial charge on any atom is 0.128 e. The molecule has 0 heterocycles. The van der Waals surface area contributed by atoms with Gasteiger partial charge in [0.2, 0.25) is 0 Å². The summed E-state index contributed by atoms with van der Waals surface area (Å²) >= 11 is 0. The van der Waals surface area contributed by atoms with Crippen molar-refractivity contribution in [1.29, 1.82) is 0 Å². The van der Waals surface area contributed by atoms with Crippen molar-refractivity contribution < 1.29 is 19.4 Å². The molecular weight excluding hydrogens is 242 g/mol. The fraction of sp³-hybridized carbons (Fsp3) is 0.467. The Balaban J connectivity index is 0.00000324. The summed E-state index contributed by atoms with van der Waals surface area (Å²) in [5, 5.41) is 0. The number of methoxy groups -OCH3 is 2. The molecule has 0 spiro atoms. The topological polar surface area (TPSA) is 48.5 Å². The third-order valence-electron chi connectivity index (χ3n) is 2.69. The first-order chi connectivity index (χ1) is 8.41. The highest BCUT2D eigenvalue weighted by molar-refractivity contribution is 5.47. The summed E-state index contributed by atoms with van der Waals surface area (Å²) < 4.78 is 11.8. The van der Waals surface area contributed by atoms with Gasteiger partial charge in [-0.2, -0.15) is 0 Å². The van der Waals surface area contributed by atoms with Crippen LogP contribution in [0.3, 0.4) is 0 Å². The number of hydrogen-bond acceptors (Lipinski definition) is 3. The van der Waals surface area contributed by atoms with E-state index in [0.29, 0.717) is 0 Å². The first-order valence-electron chi connectivity index (χ1n) is 6.06. The summed E-state index contributed by atoms with van der Waals surface area (Å²) in [5.41, 5.74) is 2.27. The second kappa shape index (κ2) is 7.16. The number of ether oxygens (including phenoxy) is 2. The van der Waals surface area contributed by atoms with E-state index in [4.69, 9.17) is 9.47 Å². The predicted octanol–water partition coefficient (Wildman–Crippen LogP) is 2.46. The lowest BCUT2D eigenvalue weighted by Gasteiger charge is -2.25. The molecule has 4 nitrogen and oxygen atoms in total. The number of rotatable bonds is 6. The monoisotopic (exact) mass is 267 g/mol. The van der Waals surface area contributed by atoms with Crippen molar-refractivity contribution in [2.45, 2.75) is 13.0 Å². The van der Waals surface area contributed by atoms with Gasteiger partial charge in [0.25, 0.3) is 0 Å². The molecule has 4 heteroatoms. The molecule has 19 heavy (non-hydrogen) atoms. The van der Waals surface area contributed by atoms with Crippen LogP contribution in [0.5, 0.6) is 11.5 Å². The molecule has 1 aromatic rings. The molecule has 0 aromatic heterocycles. The highest BCUT2D eigenvalue weighted by atomic mass is 16.5. The Hall–Kier alpha value is -1.52. The molecule has 108 valence electrons. The minimum atomic E-state index is 0. The van der Waals surface area contributed by atoms with E-state index in [1.54, 1.807) is 14.2 Å². The van der Waals surface area contributed by atoms with E-state index >= 15 is 0 Å². The first-order valence-corrected chi connectivity index (χ1v) is 6.06. The fourth-order valence-electron chi connectivity index (χ4n) is 1.97. The molecule has 0 atom stereocenters. The molecule has 0 bridgehead atoms. The molecule has 1 rings (SSSR count). The number of quaternary nitrogens is 1. The van der Waals surface area contributed by atoms with Gasteiger partial charge < -0.3 is 19.4 Å². The maximum atomic E-state index is 5.48. The third-order valence-corrected chi connectivity index (χ3v) is 2.69. The maximum absolute atomic E-state index is 5.48. The molecule has 1 aromatic carbocycles. The molecule has 0 aliphatic carbocycles. The molecule has 0 saturated carbocycles. The van der Waals surface area contributed by atoms with Gasteiger partial charge >= 0.3 is 0 Å². The Labute approximate surface area is 116 Å². The molecule has 0 fully saturated rings. The Morgan fingerprint density at radius 3 is 1.95 bits per heavy atom. The minimum Gasteiger partial charge on any atom is -0.870 e. The highest BCUT2D eigenvalue weighted by Crippen LogP contribution is 2.30. The second-order valence-electron chi connectivity index (χ2n) is 5.42. The van der Waals surface area contributed by atoms with E-state index in [9.17, 15) is 0 Å². The lowest BCUT2D eigenvalue weighted by Crippen LogP contribution is -2.33. The number of benzene rings is 1. The summed E-state index contributed by atoms with van der Waals surface area (Å²) in [6, 6.07) is 4.12. The van der Waals surface area contributed by atoms with Crippen LogP contribution < -0.4 is 9.47 Å². The van der Waals surface area contributed by atoms with E-state index < -0.39 is 0 Å². The van der Waals surface area contributed by atoms with E-state index in [1.165, 1.54) is 0 Å². The standard InChI is InChI=1S/C15H24NO2.H2O/c1-7-8-12-9-15(18-6)13(10-14(12)17-5)11-16(2,3)4;/h7,9-10H,1,8,11H2,2-6H3;1H2/q+1;/p-1. The van der Waals surface area contributed by atoms with Crippen LogP contribution in [0.2, 0.25) is 0 Å². The van der Waals surface area contributed by atoms with E-state index in [0.717, 1.165) is 40.1 Å². The van der Waals surface area contributed by atoms with Crippen LogP contribution >= 0.6 is 0 Å². The average Bonchev–Trinajstić information content (AvgIpc) is 2.28. The Bertz CT molecular complexity index is 422. The van der Waals surface area contributed by atoms with Crippen LogP contribution in [0.15, 0.2) is 24.8 Å². The Morgan fingerprint density at radius 1 is 1.05 bits per heavy atom. The van der Waals surface area contributed by atoms with Crippen LogP contribution in [0.25, 0.3) is 0 Å². The van der Waals surface area contributed by atoms with Crippen LogP contribution in [0, 0.1) is 0 Å². The van der Waals surface area contributed by atoms with Gasteiger partial charge in [-0.25, -0.2) is 0 Å². The van der Waals surface area contributed by atoms with Gasteiger partial charge in [-0.15, -0.1) is 6.58 Å². The lowest BCUT2D eigenvalue weighted by molar-refractivity contribution is -0.884.